The zero-order valence-corrected chi connectivity index (χ0v) is 15.6. The van der Waals surface area contributed by atoms with E-state index in [-0.39, 0.29) is 17.9 Å². The van der Waals surface area contributed by atoms with Crippen LogP contribution in [0.15, 0.2) is 48.5 Å². The number of nitrogens with one attached hydrogen (secondary N) is 1. The molecule has 5 nitrogen and oxygen atoms in total. The highest BCUT2D eigenvalue weighted by molar-refractivity contribution is 5.94. The monoisotopic (exact) mass is 369 g/mol. The highest BCUT2D eigenvalue weighted by Gasteiger charge is 2.24. The smallest absolute Gasteiger partial charge is 0.317 e. The van der Waals surface area contributed by atoms with Gasteiger partial charge in [-0.15, -0.1) is 0 Å². The number of hydrogen-bond donors (Lipinski definition) is 1. The Morgan fingerprint density at radius 2 is 1.70 bits per heavy atom. The maximum atomic E-state index is 14.3. The van der Waals surface area contributed by atoms with Crippen molar-refractivity contribution >= 4 is 17.5 Å². The molecule has 2 aromatic rings. The molecule has 1 saturated heterocycles. The molecule has 1 aliphatic heterocycles. The van der Waals surface area contributed by atoms with Gasteiger partial charge in [-0.25, -0.2) is 9.18 Å². The summed E-state index contributed by atoms with van der Waals surface area (Å²) < 4.78 is 14.3. The van der Waals surface area contributed by atoms with E-state index >= 15 is 0 Å². The average molecular weight is 369 g/mol. The van der Waals surface area contributed by atoms with Gasteiger partial charge in [-0.2, -0.15) is 0 Å². The van der Waals surface area contributed by atoms with Crippen LogP contribution in [-0.2, 0) is 0 Å². The number of hydrogen-bond acceptors (Lipinski definition) is 3. The van der Waals surface area contributed by atoms with Crippen LogP contribution in [0.1, 0.15) is 35.8 Å². The van der Waals surface area contributed by atoms with Crippen LogP contribution in [0.25, 0.3) is 0 Å². The van der Waals surface area contributed by atoms with Gasteiger partial charge in [-0.05, 0) is 37.6 Å². The number of Topliss-reactive ketones (excluding diaryl/α,β-unsaturated/α-hetero) is 1. The van der Waals surface area contributed by atoms with E-state index in [0.29, 0.717) is 37.4 Å². The molecule has 3 rings (SSSR count). The number of rotatable bonds is 4. The number of carbonyl (C=O) groups is 2. The summed E-state index contributed by atoms with van der Waals surface area (Å²) in [7, 11) is 0. The number of anilines is 1. The van der Waals surface area contributed by atoms with E-state index in [4.69, 9.17) is 0 Å². The van der Waals surface area contributed by atoms with Crippen molar-refractivity contribution in [2.45, 2.75) is 19.9 Å². The number of carbonyl (C=O) groups excluding carboxylic acids is 2. The van der Waals surface area contributed by atoms with E-state index < -0.39 is 5.82 Å². The number of halogens is 1. The molecule has 1 atom stereocenters. The summed E-state index contributed by atoms with van der Waals surface area (Å²) >= 11 is 0. The molecule has 6 heteroatoms. The third-order valence-corrected chi connectivity index (χ3v) is 4.90. The molecular formula is C21H24FN3O2. The van der Waals surface area contributed by atoms with Crippen molar-refractivity contribution in [3.8, 4) is 0 Å². The minimum Gasteiger partial charge on any atom is -0.366 e. The summed E-state index contributed by atoms with van der Waals surface area (Å²) in [6.45, 7) is 5.49. The van der Waals surface area contributed by atoms with Crippen LogP contribution in [-0.4, -0.2) is 42.9 Å². The predicted octanol–water partition coefficient (Wildman–Crippen LogP) is 3.62. The van der Waals surface area contributed by atoms with Gasteiger partial charge in [0, 0.05) is 31.7 Å². The van der Waals surface area contributed by atoms with Crippen LogP contribution in [0.3, 0.4) is 0 Å². The van der Waals surface area contributed by atoms with E-state index in [0.717, 1.165) is 5.56 Å². The first-order chi connectivity index (χ1) is 13.0. The maximum absolute atomic E-state index is 14.3. The first kappa shape index (κ1) is 18.9. The molecule has 0 radical (unpaired) electrons. The summed E-state index contributed by atoms with van der Waals surface area (Å²) in [5.74, 6) is -0.562. The molecule has 1 fully saturated rings. The zero-order valence-electron chi connectivity index (χ0n) is 15.6. The fourth-order valence-corrected chi connectivity index (χ4v) is 3.23. The molecule has 1 N–H and O–H groups in total. The molecular weight excluding hydrogens is 345 g/mol. The number of benzene rings is 2. The van der Waals surface area contributed by atoms with Gasteiger partial charge in [0.05, 0.1) is 11.7 Å². The van der Waals surface area contributed by atoms with Gasteiger partial charge >= 0.3 is 6.03 Å². The molecule has 1 heterocycles. The predicted molar refractivity (Wildman–Crippen MR) is 104 cm³/mol. The van der Waals surface area contributed by atoms with Crippen LogP contribution in [0.2, 0.25) is 0 Å². The Bertz CT molecular complexity index is 817. The van der Waals surface area contributed by atoms with E-state index in [1.165, 1.54) is 13.0 Å². The lowest BCUT2D eigenvalue weighted by atomic mass is 10.1. The SMILES string of the molecule is CC(=O)c1ccc(N2CCN(C(=O)N[C@@H](C)c3ccccc3)CC2)c(F)c1. The Morgan fingerprint density at radius 1 is 1.04 bits per heavy atom. The molecule has 0 bridgehead atoms. The zero-order chi connectivity index (χ0) is 19.4. The molecule has 0 saturated carbocycles. The Balaban J connectivity index is 1.57. The average Bonchev–Trinajstić information content (AvgIpc) is 2.68. The number of nitrogens with zero attached hydrogens (tertiary/aromatic N) is 2. The van der Waals surface area contributed by atoms with Gasteiger partial charge in [-0.1, -0.05) is 30.3 Å². The van der Waals surface area contributed by atoms with Crippen LogP contribution in [0, 0.1) is 5.82 Å². The highest BCUT2D eigenvalue weighted by atomic mass is 19.1. The Labute approximate surface area is 158 Å². The van der Waals surface area contributed by atoms with Crippen molar-refractivity contribution in [2.75, 3.05) is 31.1 Å². The van der Waals surface area contributed by atoms with Crippen molar-refractivity contribution < 1.29 is 14.0 Å². The molecule has 2 aromatic carbocycles. The lowest BCUT2D eigenvalue weighted by Gasteiger charge is -2.36. The molecule has 0 aliphatic carbocycles. The van der Waals surface area contributed by atoms with Gasteiger partial charge in [0.15, 0.2) is 5.78 Å². The Hall–Kier alpha value is -2.89. The number of ketones is 1. The fraction of sp³-hybridized carbons (Fsp3) is 0.333. The van der Waals surface area contributed by atoms with Gasteiger partial charge in [-0.3, -0.25) is 4.79 Å². The highest BCUT2D eigenvalue weighted by Crippen LogP contribution is 2.22. The normalized spacial score (nSPS) is 15.4. The van der Waals surface area contributed by atoms with Crippen molar-refractivity contribution in [3.05, 3.63) is 65.5 Å². The van der Waals surface area contributed by atoms with Gasteiger partial charge in [0.2, 0.25) is 0 Å². The molecule has 0 aromatic heterocycles. The first-order valence-corrected chi connectivity index (χ1v) is 9.11. The second kappa shape index (κ2) is 8.20. The largest absolute Gasteiger partial charge is 0.366 e. The Kier molecular flexibility index (Phi) is 5.74. The minimum atomic E-state index is -0.404. The van der Waals surface area contributed by atoms with Crippen molar-refractivity contribution in [1.82, 2.24) is 10.2 Å². The van der Waals surface area contributed by atoms with Crippen molar-refractivity contribution in [1.29, 1.82) is 0 Å². The van der Waals surface area contributed by atoms with E-state index in [1.807, 2.05) is 42.2 Å². The minimum absolute atomic E-state index is 0.0756. The van der Waals surface area contributed by atoms with Gasteiger partial charge in [0.1, 0.15) is 5.82 Å². The van der Waals surface area contributed by atoms with Crippen molar-refractivity contribution in [2.24, 2.45) is 0 Å². The third kappa shape index (κ3) is 4.45. The lowest BCUT2D eigenvalue weighted by Crippen LogP contribution is -2.52. The quantitative estimate of drug-likeness (QED) is 0.838. The van der Waals surface area contributed by atoms with E-state index in [2.05, 4.69) is 5.32 Å². The number of urea groups is 1. The summed E-state index contributed by atoms with van der Waals surface area (Å²) in [5.41, 5.74) is 1.89. The van der Waals surface area contributed by atoms with Crippen molar-refractivity contribution in [3.63, 3.8) is 0 Å². The second-order valence-corrected chi connectivity index (χ2v) is 6.78. The molecule has 0 spiro atoms. The summed E-state index contributed by atoms with van der Waals surface area (Å²) in [4.78, 5) is 27.5. The summed E-state index contributed by atoms with van der Waals surface area (Å²) in [5, 5.41) is 3.01. The van der Waals surface area contributed by atoms with E-state index in [1.54, 1.807) is 17.0 Å². The first-order valence-electron chi connectivity index (χ1n) is 9.11. The number of amides is 2. The van der Waals surface area contributed by atoms with Crippen LogP contribution < -0.4 is 10.2 Å². The summed E-state index contributed by atoms with van der Waals surface area (Å²) in [6, 6.07) is 14.2. The molecule has 2 amide bonds. The molecule has 27 heavy (non-hydrogen) atoms. The summed E-state index contributed by atoms with van der Waals surface area (Å²) in [6.07, 6.45) is 0. The van der Waals surface area contributed by atoms with E-state index in [9.17, 15) is 14.0 Å². The fourth-order valence-electron chi connectivity index (χ4n) is 3.23. The van der Waals surface area contributed by atoms with Gasteiger partial charge in [0.25, 0.3) is 0 Å². The van der Waals surface area contributed by atoms with Crippen LogP contribution in [0.4, 0.5) is 14.9 Å². The topological polar surface area (TPSA) is 52.7 Å². The second-order valence-electron chi connectivity index (χ2n) is 6.78. The molecule has 0 unspecified atom stereocenters. The Morgan fingerprint density at radius 3 is 2.30 bits per heavy atom. The molecule has 142 valence electrons. The molecule has 1 aliphatic rings. The maximum Gasteiger partial charge on any atom is 0.317 e. The lowest BCUT2D eigenvalue weighted by molar-refractivity contribution is 0.101. The number of piperazine rings is 1. The van der Waals surface area contributed by atoms with Crippen LogP contribution in [0.5, 0.6) is 0 Å². The third-order valence-electron chi connectivity index (χ3n) is 4.90. The van der Waals surface area contributed by atoms with Crippen LogP contribution >= 0.6 is 0 Å². The van der Waals surface area contributed by atoms with Gasteiger partial charge < -0.3 is 15.1 Å². The standard InChI is InChI=1S/C21H24FN3O2/c1-15(17-6-4-3-5-7-17)23-21(27)25-12-10-24(11-13-25)20-9-8-18(16(2)26)14-19(20)22/h3-9,14-15H,10-13H2,1-2H3,(H,23,27)/t15-/m0/s1.